The number of carbonyl (C=O) groups is 1. The Hall–Kier alpha value is -3.13. The zero-order valence-corrected chi connectivity index (χ0v) is 20.3. The van der Waals surface area contributed by atoms with Gasteiger partial charge >= 0.3 is 0 Å². The van der Waals surface area contributed by atoms with Gasteiger partial charge < -0.3 is 14.6 Å². The number of aryl methyl sites for hydroxylation is 1. The molecule has 7 nitrogen and oxygen atoms in total. The van der Waals surface area contributed by atoms with Crippen molar-refractivity contribution in [3.63, 3.8) is 0 Å². The van der Waals surface area contributed by atoms with Crippen LogP contribution in [0.1, 0.15) is 41.1 Å². The van der Waals surface area contributed by atoms with Crippen LogP contribution in [0.2, 0.25) is 0 Å². The van der Waals surface area contributed by atoms with E-state index in [1.54, 1.807) is 11.6 Å². The van der Waals surface area contributed by atoms with E-state index in [1.807, 2.05) is 12.1 Å². The van der Waals surface area contributed by atoms with Crippen LogP contribution in [0.25, 0.3) is 17.0 Å². The highest BCUT2D eigenvalue weighted by Gasteiger charge is 2.26. The number of hydrogen-bond donors (Lipinski definition) is 3. The van der Waals surface area contributed by atoms with E-state index in [4.69, 9.17) is 9.94 Å². The van der Waals surface area contributed by atoms with E-state index in [1.165, 1.54) is 52.3 Å². The first kappa shape index (κ1) is 23.6. The SMILES string of the molecule is Cc1[nH]c2ccc(N3CCOCC3)cc2c1C1CCCN(Cc2ccc(C=CC(=O)NO)cc2)C1. The average Bonchev–Trinajstić information content (AvgIpc) is 3.23. The standard InChI is InChI=1S/C28H34N4O3/c1-20-28(25-17-24(9-10-26(25)29-20)32-13-15-35-16-14-32)23-3-2-12-31(19-23)18-22-6-4-21(5-7-22)8-11-27(33)30-34/h4-11,17,23,29,34H,2-3,12-16,18-19H2,1H3,(H,30,33). The Morgan fingerprint density at radius 1 is 1.17 bits per heavy atom. The van der Waals surface area contributed by atoms with Gasteiger partial charge in [0.05, 0.1) is 13.2 Å². The van der Waals surface area contributed by atoms with Gasteiger partial charge in [0, 0.05) is 54.5 Å². The van der Waals surface area contributed by atoms with Crippen LogP contribution in [-0.2, 0) is 16.1 Å². The number of fused-ring (bicyclic) bond motifs is 1. The molecule has 0 bridgehead atoms. The van der Waals surface area contributed by atoms with Crippen LogP contribution in [-0.4, -0.2) is 60.4 Å². The van der Waals surface area contributed by atoms with Crippen molar-refractivity contribution in [1.29, 1.82) is 0 Å². The fourth-order valence-corrected chi connectivity index (χ4v) is 5.52. The van der Waals surface area contributed by atoms with Crippen LogP contribution in [0.15, 0.2) is 48.5 Å². The maximum absolute atomic E-state index is 11.2. The molecule has 2 aliphatic heterocycles. The molecule has 0 radical (unpaired) electrons. The molecule has 3 heterocycles. The van der Waals surface area contributed by atoms with Crippen molar-refractivity contribution in [3.8, 4) is 0 Å². The number of nitrogens with one attached hydrogen (secondary N) is 2. The van der Waals surface area contributed by atoms with Gasteiger partial charge in [-0.1, -0.05) is 24.3 Å². The summed E-state index contributed by atoms with van der Waals surface area (Å²) >= 11 is 0. The molecule has 3 aromatic rings. The molecular formula is C28H34N4O3. The molecule has 7 heteroatoms. The molecule has 3 N–H and O–H groups in total. The Kier molecular flexibility index (Phi) is 7.18. The summed E-state index contributed by atoms with van der Waals surface area (Å²) in [5.74, 6) is -0.0188. The predicted molar refractivity (Wildman–Crippen MR) is 139 cm³/mol. The highest BCUT2D eigenvalue weighted by Crippen LogP contribution is 2.37. The molecule has 2 fully saturated rings. The summed E-state index contributed by atoms with van der Waals surface area (Å²) in [6, 6.07) is 15.1. The minimum absolute atomic E-state index is 0.511. The van der Waals surface area contributed by atoms with E-state index in [-0.39, 0.29) is 0 Å². The number of rotatable bonds is 6. The maximum atomic E-state index is 11.2. The van der Waals surface area contributed by atoms with Crippen molar-refractivity contribution in [2.24, 2.45) is 0 Å². The van der Waals surface area contributed by atoms with Gasteiger partial charge in [-0.3, -0.25) is 14.9 Å². The molecule has 0 aliphatic carbocycles. The molecule has 5 rings (SSSR count). The Morgan fingerprint density at radius 2 is 1.97 bits per heavy atom. The number of nitrogens with zero attached hydrogens (tertiary/aromatic N) is 2. The number of H-pyrrole nitrogens is 1. The van der Waals surface area contributed by atoms with Crippen LogP contribution in [0, 0.1) is 6.92 Å². The molecule has 0 saturated carbocycles. The maximum Gasteiger partial charge on any atom is 0.267 e. The highest BCUT2D eigenvalue weighted by molar-refractivity contribution is 5.91. The number of morpholine rings is 1. The molecule has 1 atom stereocenters. The number of aromatic amines is 1. The molecule has 2 aliphatic rings. The number of ether oxygens (including phenoxy) is 1. The smallest absolute Gasteiger partial charge is 0.267 e. The number of amides is 1. The van der Waals surface area contributed by atoms with Crippen molar-refractivity contribution in [2.75, 3.05) is 44.3 Å². The number of anilines is 1. The minimum Gasteiger partial charge on any atom is -0.378 e. The molecular weight excluding hydrogens is 440 g/mol. The number of piperidine rings is 1. The van der Waals surface area contributed by atoms with Crippen LogP contribution >= 0.6 is 0 Å². The summed E-state index contributed by atoms with van der Waals surface area (Å²) in [4.78, 5) is 19.8. The molecule has 1 aromatic heterocycles. The molecule has 184 valence electrons. The quantitative estimate of drug-likeness (QED) is 0.283. The topological polar surface area (TPSA) is 80.8 Å². The zero-order chi connectivity index (χ0) is 24.2. The second kappa shape index (κ2) is 10.6. The van der Waals surface area contributed by atoms with Gasteiger partial charge in [-0.05, 0) is 73.2 Å². The second-order valence-corrected chi connectivity index (χ2v) is 9.62. The summed E-state index contributed by atoms with van der Waals surface area (Å²) in [7, 11) is 0. The fourth-order valence-electron chi connectivity index (χ4n) is 5.52. The largest absolute Gasteiger partial charge is 0.378 e. The Bertz CT molecular complexity index is 1190. The summed E-state index contributed by atoms with van der Waals surface area (Å²) in [6.45, 7) is 8.77. The Balaban J connectivity index is 1.30. The van der Waals surface area contributed by atoms with Crippen LogP contribution in [0.4, 0.5) is 5.69 Å². The van der Waals surface area contributed by atoms with Crippen molar-refractivity contribution in [3.05, 3.63) is 70.9 Å². The van der Waals surface area contributed by atoms with E-state index in [2.05, 4.69) is 52.0 Å². The monoisotopic (exact) mass is 474 g/mol. The minimum atomic E-state index is -0.530. The van der Waals surface area contributed by atoms with Crippen LogP contribution < -0.4 is 10.4 Å². The van der Waals surface area contributed by atoms with Crippen molar-refractivity contribution in [1.82, 2.24) is 15.4 Å². The van der Waals surface area contributed by atoms with Crippen molar-refractivity contribution < 1.29 is 14.7 Å². The summed E-state index contributed by atoms with van der Waals surface area (Å²) in [5.41, 5.74) is 9.08. The Morgan fingerprint density at radius 3 is 2.74 bits per heavy atom. The first-order valence-electron chi connectivity index (χ1n) is 12.5. The lowest BCUT2D eigenvalue weighted by Crippen LogP contribution is -2.36. The van der Waals surface area contributed by atoms with Crippen LogP contribution in [0.3, 0.4) is 0 Å². The fraction of sp³-hybridized carbons (Fsp3) is 0.393. The summed E-state index contributed by atoms with van der Waals surface area (Å²) in [6.07, 6.45) is 5.41. The third-order valence-corrected chi connectivity index (χ3v) is 7.23. The predicted octanol–water partition coefficient (Wildman–Crippen LogP) is 4.21. The number of aromatic nitrogens is 1. The van der Waals surface area contributed by atoms with Crippen molar-refractivity contribution in [2.45, 2.75) is 32.2 Å². The lowest BCUT2D eigenvalue weighted by atomic mass is 9.88. The van der Waals surface area contributed by atoms with E-state index in [0.717, 1.165) is 51.5 Å². The highest BCUT2D eigenvalue weighted by atomic mass is 16.5. The third kappa shape index (κ3) is 5.42. The zero-order valence-electron chi connectivity index (χ0n) is 20.3. The second-order valence-electron chi connectivity index (χ2n) is 9.62. The van der Waals surface area contributed by atoms with Gasteiger partial charge in [0.15, 0.2) is 0 Å². The number of likely N-dealkylation sites (tertiary alicyclic amines) is 1. The summed E-state index contributed by atoms with van der Waals surface area (Å²) < 4.78 is 5.54. The van der Waals surface area contributed by atoms with Gasteiger partial charge in [-0.25, -0.2) is 5.48 Å². The van der Waals surface area contributed by atoms with Gasteiger partial charge in [-0.2, -0.15) is 0 Å². The van der Waals surface area contributed by atoms with E-state index in [0.29, 0.717) is 5.92 Å². The van der Waals surface area contributed by atoms with Gasteiger partial charge in [0.25, 0.3) is 5.91 Å². The van der Waals surface area contributed by atoms with Gasteiger partial charge in [0.1, 0.15) is 0 Å². The molecule has 2 aromatic carbocycles. The molecule has 0 spiro atoms. The van der Waals surface area contributed by atoms with E-state index >= 15 is 0 Å². The normalized spacial score (nSPS) is 19.5. The lowest BCUT2D eigenvalue weighted by molar-refractivity contribution is -0.124. The third-order valence-electron chi connectivity index (χ3n) is 7.23. The molecule has 2 saturated heterocycles. The van der Waals surface area contributed by atoms with Crippen molar-refractivity contribution >= 4 is 28.6 Å². The van der Waals surface area contributed by atoms with E-state index < -0.39 is 5.91 Å². The molecule has 1 unspecified atom stereocenters. The van der Waals surface area contributed by atoms with Gasteiger partial charge in [0.2, 0.25) is 0 Å². The first-order chi connectivity index (χ1) is 17.1. The average molecular weight is 475 g/mol. The number of hydroxylamine groups is 1. The first-order valence-corrected chi connectivity index (χ1v) is 12.5. The number of hydrogen-bond acceptors (Lipinski definition) is 5. The molecule has 35 heavy (non-hydrogen) atoms. The lowest BCUT2D eigenvalue weighted by Gasteiger charge is -2.33. The van der Waals surface area contributed by atoms with Crippen LogP contribution in [0.5, 0.6) is 0 Å². The summed E-state index contributed by atoms with van der Waals surface area (Å²) in [5, 5.41) is 9.98. The molecule has 1 amide bonds. The number of benzene rings is 2. The Labute approximate surface area is 206 Å². The van der Waals surface area contributed by atoms with E-state index in [9.17, 15) is 4.79 Å². The van der Waals surface area contributed by atoms with Gasteiger partial charge in [-0.15, -0.1) is 0 Å². The number of carbonyl (C=O) groups excluding carboxylic acids is 1.